The van der Waals surface area contributed by atoms with Gasteiger partial charge in [-0.15, -0.1) is 0 Å². The molecule has 30 heavy (non-hydrogen) atoms. The molecule has 1 amide bonds. The Morgan fingerprint density at radius 1 is 1.03 bits per heavy atom. The Morgan fingerprint density at radius 2 is 1.57 bits per heavy atom. The van der Waals surface area contributed by atoms with Crippen LogP contribution in [0.15, 0.2) is 29.2 Å². The first-order chi connectivity index (χ1) is 14.2. The summed E-state index contributed by atoms with van der Waals surface area (Å²) in [6, 6.07) is 6.28. The summed E-state index contributed by atoms with van der Waals surface area (Å²) in [6.45, 7) is 5.30. The van der Waals surface area contributed by atoms with Crippen LogP contribution >= 0.6 is 0 Å². The van der Waals surface area contributed by atoms with Crippen molar-refractivity contribution >= 4 is 21.6 Å². The third kappa shape index (κ3) is 3.01. The smallest absolute Gasteiger partial charge is 0.283 e. The van der Waals surface area contributed by atoms with Gasteiger partial charge in [0.2, 0.25) is 5.91 Å². The number of benzene rings is 1. The van der Waals surface area contributed by atoms with Crippen LogP contribution in [-0.4, -0.2) is 23.5 Å². The van der Waals surface area contributed by atoms with Crippen molar-refractivity contribution in [2.24, 2.45) is 17.8 Å². The number of rotatable bonds is 4. The molecule has 1 aromatic carbocycles. The summed E-state index contributed by atoms with van der Waals surface area (Å²) in [4.78, 5) is 11.4. The first kappa shape index (κ1) is 19.8. The number of carbonyl (C=O) groups is 1. The van der Waals surface area contributed by atoms with E-state index < -0.39 is 10.0 Å². The van der Waals surface area contributed by atoms with Crippen molar-refractivity contribution in [1.29, 1.82) is 0 Å². The van der Waals surface area contributed by atoms with Crippen molar-refractivity contribution in [2.45, 2.75) is 69.6 Å². The summed E-state index contributed by atoms with van der Waals surface area (Å²) in [5.74, 6) is 2.17. The molecule has 0 spiro atoms. The summed E-state index contributed by atoms with van der Waals surface area (Å²) in [5.41, 5.74) is 3.48. The van der Waals surface area contributed by atoms with Crippen LogP contribution < -0.4 is 5.32 Å². The van der Waals surface area contributed by atoms with Crippen molar-refractivity contribution < 1.29 is 13.2 Å². The number of nitrogens with one attached hydrogen (secondary N) is 1. The number of amides is 1. The third-order valence-electron chi connectivity index (χ3n) is 7.52. The van der Waals surface area contributed by atoms with Gasteiger partial charge in [0.05, 0.1) is 16.3 Å². The molecule has 2 aromatic rings. The zero-order valence-electron chi connectivity index (χ0n) is 17.8. The van der Waals surface area contributed by atoms with Crippen LogP contribution in [0.5, 0.6) is 0 Å². The summed E-state index contributed by atoms with van der Waals surface area (Å²) < 4.78 is 28.0. The lowest BCUT2D eigenvalue weighted by molar-refractivity contribution is -0.114. The van der Waals surface area contributed by atoms with E-state index in [2.05, 4.69) is 10.4 Å². The average molecular weight is 428 g/mol. The van der Waals surface area contributed by atoms with Gasteiger partial charge in [0.25, 0.3) is 10.0 Å². The minimum Gasteiger partial charge on any atom is -0.326 e. The molecule has 6 nitrogen and oxygen atoms in total. The van der Waals surface area contributed by atoms with Crippen LogP contribution in [0.2, 0.25) is 0 Å². The van der Waals surface area contributed by atoms with Crippen LogP contribution in [0, 0.1) is 31.6 Å². The fourth-order valence-corrected chi connectivity index (χ4v) is 8.41. The van der Waals surface area contributed by atoms with Gasteiger partial charge in [-0.3, -0.25) is 4.79 Å². The molecule has 4 bridgehead atoms. The second-order valence-corrected chi connectivity index (χ2v) is 11.6. The highest BCUT2D eigenvalue weighted by Crippen LogP contribution is 2.61. The van der Waals surface area contributed by atoms with E-state index in [0.717, 1.165) is 29.1 Å². The van der Waals surface area contributed by atoms with Gasteiger partial charge in [-0.1, -0.05) is 0 Å². The van der Waals surface area contributed by atoms with Gasteiger partial charge in [-0.25, -0.2) is 0 Å². The molecule has 4 saturated carbocycles. The van der Waals surface area contributed by atoms with E-state index in [1.54, 1.807) is 12.1 Å². The molecule has 0 aliphatic heterocycles. The minimum atomic E-state index is -3.80. The largest absolute Gasteiger partial charge is 0.326 e. The molecule has 4 fully saturated rings. The quantitative estimate of drug-likeness (QED) is 0.794. The lowest BCUT2D eigenvalue weighted by atomic mass is 9.48. The van der Waals surface area contributed by atoms with Gasteiger partial charge in [0.15, 0.2) is 0 Å². The van der Waals surface area contributed by atoms with E-state index in [9.17, 15) is 13.2 Å². The fourth-order valence-electron chi connectivity index (χ4n) is 7.05. The van der Waals surface area contributed by atoms with E-state index in [-0.39, 0.29) is 16.2 Å². The molecular weight excluding hydrogens is 398 g/mol. The maximum absolute atomic E-state index is 13.4. The monoisotopic (exact) mass is 427 g/mol. The van der Waals surface area contributed by atoms with E-state index >= 15 is 0 Å². The van der Waals surface area contributed by atoms with E-state index in [1.807, 2.05) is 13.8 Å². The van der Waals surface area contributed by atoms with Crippen molar-refractivity contribution in [3.8, 4) is 0 Å². The zero-order valence-corrected chi connectivity index (χ0v) is 18.6. The average Bonchev–Trinajstić information content (AvgIpc) is 2.96. The predicted molar refractivity (Wildman–Crippen MR) is 115 cm³/mol. The van der Waals surface area contributed by atoms with E-state index in [1.165, 1.54) is 67.2 Å². The third-order valence-corrected chi connectivity index (χ3v) is 9.20. The molecule has 4 aliphatic rings. The Balaban J connectivity index is 1.53. The maximum Gasteiger partial charge on any atom is 0.283 e. The molecule has 0 unspecified atom stereocenters. The first-order valence-electron chi connectivity index (χ1n) is 10.9. The standard InChI is InChI=1S/C23H29N3O3S/c1-14-22(23-11-17-8-18(12-23)10-19(9-17)13-23)15(2)26(25-14)30(28,29)21-6-4-20(5-7-21)24-16(3)27/h4-7,17-19H,8-13H2,1-3H3,(H,24,27). The summed E-state index contributed by atoms with van der Waals surface area (Å²) in [7, 11) is -3.80. The zero-order chi connectivity index (χ0) is 21.3. The van der Waals surface area contributed by atoms with Gasteiger partial charge in [0, 0.05) is 18.2 Å². The Hall–Kier alpha value is -2.15. The molecule has 0 saturated heterocycles. The molecule has 0 radical (unpaired) electrons. The van der Waals surface area contributed by atoms with Gasteiger partial charge in [-0.05, 0) is 99.8 Å². The Labute approximate surface area is 178 Å². The lowest BCUT2D eigenvalue weighted by Gasteiger charge is -2.57. The normalized spacial score (nSPS) is 29.9. The lowest BCUT2D eigenvalue weighted by Crippen LogP contribution is -2.49. The van der Waals surface area contributed by atoms with E-state index in [0.29, 0.717) is 5.69 Å². The molecular formula is C23H29N3O3S. The summed E-state index contributed by atoms with van der Waals surface area (Å²) in [6.07, 6.45) is 7.59. The van der Waals surface area contributed by atoms with Crippen LogP contribution in [0.3, 0.4) is 0 Å². The molecule has 1 aromatic heterocycles. The highest BCUT2D eigenvalue weighted by Gasteiger charge is 2.53. The summed E-state index contributed by atoms with van der Waals surface area (Å²) >= 11 is 0. The SMILES string of the molecule is CC(=O)Nc1ccc(S(=O)(=O)n2nc(C)c(C34CC5CC(CC(C5)C3)C4)c2C)cc1. The van der Waals surface area contributed by atoms with Crippen molar-refractivity contribution in [1.82, 2.24) is 9.19 Å². The summed E-state index contributed by atoms with van der Waals surface area (Å²) in [5, 5.41) is 7.21. The number of aryl methyl sites for hydroxylation is 1. The van der Waals surface area contributed by atoms with Gasteiger partial charge in [-0.2, -0.15) is 17.6 Å². The Morgan fingerprint density at radius 3 is 2.07 bits per heavy atom. The van der Waals surface area contributed by atoms with Crippen molar-refractivity contribution in [2.75, 3.05) is 5.32 Å². The predicted octanol–water partition coefficient (Wildman–Crippen LogP) is 4.16. The number of hydrogen-bond donors (Lipinski definition) is 1. The van der Waals surface area contributed by atoms with Gasteiger partial charge < -0.3 is 5.32 Å². The first-order valence-corrected chi connectivity index (χ1v) is 12.3. The fraction of sp³-hybridized carbons (Fsp3) is 0.565. The Bertz CT molecular complexity index is 1080. The van der Waals surface area contributed by atoms with Crippen molar-refractivity contribution in [3.05, 3.63) is 41.2 Å². The van der Waals surface area contributed by atoms with Crippen molar-refractivity contribution in [3.63, 3.8) is 0 Å². The second kappa shape index (κ2) is 6.67. The highest BCUT2D eigenvalue weighted by atomic mass is 32.2. The molecule has 7 heteroatoms. The van der Waals surface area contributed by atoms with Gasteiger partial charge in [0.1, 0.15) is 0 Å². The number of aromatic nitrogens is 2. The molecule has 160 valence electrons. The number of carbonyl (C=O) groups excluding carboxylic acids is 1. The molecule has 0 atom stereocenters. The van der Waals surface area contributed by atoms with Crippen LogP contribution in [0.25, 0.3) is 0 Å². The topological polar surface area (TPSA) is 81.1 Å². The van der Waals surface area contributed by atoms with Crippen LogP contribution in [0.1, 0.15) is 62.4 Å². The van der Waals surface area contributed by atoms with E-state index in [4.69, 9.17) is 0 Å². The number of hydrogen-bond acceptors (Lipinski definition) is 4. The highest BCUT2D eigenvalue weighted by molar-refractivity contribution is 7.89. The Kier molecular flexibility index (Phi) is 4.40. The maximum atomic E-state index is 13.4. The number of nitrogens with zero attached hydrogens (tertiary/aromatic N) is 2. The molecule has 1 heterocycles. The molecule has 4 aliphatic carbocycles. The van der Waals surface area contributed by atoms with Crippen LogP contribution in [-0.2, 0) is 20.2 Å². The molecule has 6 rings (SSSR count). The van der Waals surface area contributed by atoms with Crippen LogP contribution in [0.4, 0.5) is 5.69 Å². The number of anilines is 1. The minimum absolute atomic E-state index is 0.103. The second-order valence-electron chi connectivity index (χ2n) is 9.80. The molecule has 1 N–H and O–H groups in total. The van der Waals surface area contributed by atoms with Gasteiger partial charge >= 0.3 is 0 Å².